The molecule has 0 aliphatic heterocycles. The summed E-state index contributed by atoms with van der Waals surface area (Å²) in [5.74, 6) is 0.749. The van der Waals surface area contributed by atoms with Gasteiger partial charge in [0.15, 0.2) is 0 Å². The number of rotatable bonds is 8. The normalized spacial score (nSPS) is 18.2. The molecule has 1 aliphatic rings. The molecule has 0 aromatic heterocycles. The van der Waals surface area contributed by atoms with E-state index in [1.165, 1.54) is 7.11 Å². The van der Waals surface area contributed by atoms with Gasteiger partial charge in [-0.1, -0.05) is 66.7 Å². The first kappa shape index (κ1) is 25.5. The van der Waals surface area contributed by atoms with Crippen LogP contribution in [0.5, 0.6) is 0 Å². The van der Waals surface area contributed by atoms with Crippen LogP contribution < -0.4 is 16.4 Å². The van der Waals surface area contributed by atoms with Crippen LogP contribution >= 0.6 is 0 Å². The summed E-state index contributed by atoms with van der Waals surface area (Å²) in [5, 5.41) is 6.02. The van der Waals surface area contributed by atoms with E-state index in [4.69, 9.17) is 5.73 Å². The summed E-state index contributed by atoms with van der Waals surface area (Å²) in [6, 6.07) is 26.1. The lowest BCUT2D eigenvalue weighted by molar-refractivity contribution is -0.127. The van der Waals surface area contributed by atoms with Crippen molar-refractivity contribution in [2.45, 2.75) is 38.1 Å². The Bertz CT molecular complexity index is 1140. The maximum absolute atomic E-state index is 13.2. The molecule has 0 spiro atoms. The Morgan fingerprint density at radius 1 is 0.917 bits per heavy atom. The summed E-state index contributed by atoms with van der Waals surface area (Å²) in [7, 11) is 1.34. The summed E-state index contributed by atoms with van der Waals surface area (Å²) in [5.41, 5.74) is 10.9. The maximum Gasteiger partial charge on any atom is 0.411 e. The largest absolute Gasteiger partial charge is 0.453 e. The van der Waals surface area contributed by atoms with E-state index < -0.39 is 6.09 Å². The van der Waals surface area contributed by atoms with Gasteiger partial charge in [-0.25, -0.2) is 4.79 Å². The number of ether oxygens (including phenoxy) is 1. The molecule has 1 unspecified atom stereocenters. The highest BCUT2D eigenvalue weighted by Crippen LogP contribution is 2.30. The summed E-state index contributed by atoms with van der Waals surface area (Å²) < 4.78 is 4.65. The second kappa shape index (κ2) is 12.4. The smallest absolute Gasteiger partial charge is 0.411 e. The number of anilines is 1. The second-order valence-electron chi connectivity index (χ2n) is 9.52. The first-order valence-electron chi connectivity index (χ1n) is 12.7. The van der Waals surface area contributed by atoms with Crippen molar-refractivity contribution >= 4 is 17.7 Å². The zero-order valence-electron chi connectivity index (χ0n) is 20.8. The third kappa shape index (κ3) is 6.73. The molecule has 4 N–H and O–H groups in total. The van der Waals surface area contributed by atoms with Crippen LogP contribution in [0.2, 0.25) is 0 Å². The van der Waals surface area contributed by atoms with Crippen LogP contribution in [-0.4, -0.2) is 25.7 Å². The highest BCUT2D eigenvalue weighted by Gasteiger charge is 2.27. The van der Waals surface area contributed by atoms with Gasteiger partial charge in [-0.3, -0.25) is 10.1 Å². The average molecular weight is 486 g/mol. The maximum atomic E-state index is 13.2. The van der Waals surface area contributed by atoms with Crippen molar-refractivity contribution in [1.82, 2.24) is 5.32 Å². The molecule has 0 bridgehead atoms. The highest BCUT2D eigenvalue weighted by atomic mass is 16.5. The monoisotopic (exact) mass is 485 g/mol. The molecule has 1 saturated carbocycles. The summed E-state index contributed by atoms with van der Waals surface area (Å²) in [4.78, 5) is 24.6. The first-order valence-corrected chi connectivity index (χ1v) is 12.7. The average Bonchev–Trinajstić information content (AvgIpc) is 2.93. The fraction of sp³-hybridized carbons (Fsp3) is 0.333. The van der Waals surface area contributed by atoms with Crippen LogP contribution in [0.4, 0.5) is 10.5 Å². The van der Waals surface area contributed by atoms with Gasteiger partial charge in [0, 0.05) is 11.6 Å². The minimum absolute atomic E-state index is 0.0578. The van der Waals surface area contributed by atoms with Gasteiger partial charge in [-0.15, -0.1) is 0 Å². The summed E-state index contributed by atoms with van der Waals surface area (Å²) >= 11 is 0. The van der Waals surface area contributed by atoms with Crippen LogP contribution in [0.1, 0.15) is 42.9 Å². The second-order valence-corrected chi connectivity index (χ2v) is 9.52. The third-order valence-electron chi connectivity index (χ3n) is 7.09. The van der Waals surface area contributed by atoms with E-state index in [1.807, 2.05) is 48.5 Å². The quantitative estimate of drug-likeness (QED) is 0.382. The first-order chi connectivity index (χ1) is 17.6. The van der Waals surface area contributed by atoms with Crippen LogP contribution in [0, 0.1) is 11.8 Å². The Hall–Kier alpha value is -3.64. The van der Waals surface area contributed by atoms with Gasteiger partial charge >= 0.3 is 6.09 Å². The molecule has 3 aromatic carbocycles. The van der Waals surface area contributed by atoms with Gasteiger partial charge in [-0.05, 0) is 79.0 Å². The van der Waals surface area contributed by atoms with Crippen LogP contribution in [-0.2, 0) is 16.0 Å². The standard InChI is InChI=1S/C30H35N3O3/c1-36-30(35)32-27-16-14-23(15-17-27)26-9-5-6-22(18-26)19-28(24-7-3-2-4-8-24)33-29(34)25-12-10-21(20-31)11-13-25/h2-9,14-18,21,25,28H,10-13,19-20,31H2,1H3,(H,32,35)(H,33,34). The van der Waals surface area contributed by atoms with Gasteiger partial charge < -0.3 is 15.8 Å². The van der Waals surface area contributed by atoms with Crippen LogP contribution in [0.25, 0.3) is 11.1 Å². The van der Waals surface area contributed by atoms with E-state index >= 15 is 0 Å². The Kier molecular flexibility index (Phi) is 8.74. The Balaban J connectivity index is 1.48. The number of hydrogen-bond donors (Lipinski definition) is 3. The molecule has 1 fully saturated rings. The van der Waals surface area contributed by atoms with Gasteiger partial charge in [0.25, 0.3) is 0 Å². The lowest BCUT2D eigenvalue weighted by Crippen LogP contribution is -2.37. The molecule has 1 atom stereocenters. The number of nitrogens with two attached hydrogens (primary N) is 1. The van der Waals surface area contributed by atoms with E-state index in [1.54, 1.807) is 0 Å². The van der Waals surface area contributed by atoms with Crippen molar-refractivity contribution in [3.05, 3.63) is 90.0 Å². The lowest BCUT2D eigenvalue weighted by atomic mass is 9.81. The minimum atomic E-state index is -0.494. The van der Waals surface area contributed by atoms with E-state index in [0.29, 0.717) is 24.6 Å². The molecule has 6 nitrogen and oxygen atoms in total. The van der Waals surface area contributed by atoms with E-state index in [2.05, 4.69) is 45.7 Å². The fourth-order valence-electron chi connectivity index (χ4n) is 4.92. The fourth-order valence-corrected chi connectivity index (χ4v) is 4.92. The van der Waals surface area contributed by atoms with E-state index in [9.17, 15) is 9.59 Å². The number of carbonyl (C=O) groups is 2. The van der Waals surface area contributed by atoms with Crippen molar-refractivity contribution < 1.29 is 14.3 Å². The number of nitrogens with one attached hydrogen (secondary N) is 2. The highest BCUT2D eigenvalue weighted by molar-refractivity contribution is 5.85. The molecule has 0 radical (unpaired) electrons. The molecular weight excluding hydrogens is 450 g/mol. The zero-order chi connectivity index (χ0) is 25.3. The molecule has 188 valence electrons. The SMILES string of the molecule is COC(=O)Nc1ccc(-c2cccc(CC(NC(=O)C3CCC(CN)CC3)c3ccccc3)c2)cc1. The van der Waals surface area contributed by atoms with Gasteiger partial charge in [0.2, 0.25) is 5.91 Å². The predicted octanol–water partition coefficient (Wildman–Crippen LogP) is 5.70. The van der Waals surface area contributed by atoms with Gasteiger partial charge in [0.1, 0.15) is 0 Å². The van der Waals surface area contributed by atoms with Crippen molar-refractivity contribution in [2.75, 3.05) is 19.0 Å². The molecular formula is C30H35N3O3. The number of hydrogen-bond acceptors (Lipinski definition) is 4. The van der Waals surface area contributed by atoms with Crippen molar-refractivity contribution in [2.24, 2.45) is 17.6 Å². The zero-order valence-corrected chi connectivity index (χ0v) is 20.8. The van der Waals surface area contributed by atoms with E-state index in [0.717, 1.165) is 47.9 Å². The van der Waals surface area contributed by atoms with Crippen molar-refractivity contribution in [3.63, 3.8) is 0 Å². The Morgan fingerprint density at radius 3 is 2.31 bits per heavy atom. The van der Waals surface area contributed by atoms with Crippen molar-refractivity contribution in [3.8, 4) is 11.1 Å². The van der Waals surface area contributed by atoms with Gasteiger partial charge in [-0.2, -0.15) is 0 Å². The molecule has 0 saturated heterocycles. The predicted molar refractivity (Wildman–Crippen MR) is 143 cm³/mol. The summed E-state index contributed by atoms with van der Waals surface area (Å²) in [6.07, 6.45) is 4.08. The van der Waals surface area contributed by atoms with E-state index in [-0.39, 0.29) is 17.9 Å². The topological polar surface area (TPSA) is 93.5 Å². The molecule has 6 heteroatoms. The van der Waals surface area contributed by atoms with Crippen LogP contribution in [0.3, 0.4) is 0 Å². The number of benzene rings is 3. The molecule has 1 aliphatic carbocycles. The Morgan fingerprint density at radius 2 is 1.64 bits per heavy atom. The van der Waals surface area contributed by atoms with Crippen molar-refractivity contribution in [1.29, 1.82) is 0 Å². The number of methoxy groups -OCH3 is 1. The molecule has 4 rings (SSSR count). The molecule has 0 heterocycles. The number of amides is 2. The summed E-state index contributed by atoms with van der Waals surface area (Å²) in [6.45, 7) is 0.710. The number of carbonyl (C=O) groups excluding carboxylic acids is 2. The third-order valence-corrected chi connectivity index (χ3v) is 7.09. The molecule has 3 aromatic rings. The van der Waals surface area contributed by atoms with Gasteiger partial charge in [0.05, 0.1) is 13.2 Å². The minimum Gasteiger partial charge on any atom is -0.453 e. The molecule has 36 heavy (non-hydrogen) atoms. The lowest BCUT2D eigenvalue weighted by Gasteiger charge is -2.29. The van der Waals surface area contributed by atoms with Crippen LogP contribution in [0.15, 0.2) is 78.9 Å². The Labute approximate surface area is 213 Å². The molecule has 2 amide bonds.